The predicted octanol–water partition coefficient (Wildman–Crippen LogP) is 4.64. The Balaban J connectivity index is 1.55. The van der Waals surface area contributed by atoms with Crippen molar-refractivity contribution in [1.29, 1.82) is 0 Å². The maximum atomic E-state index is 12.2. The van der Waals surface area contributed by atoms with E-state index in [2.05, 4.69) is 13.8 Å². The summed E-state index contributed by atoms with van der Waals surface area (Å²) in [4.78, 5) is 24.4. The number of aliphatic hydroxyl groups excluding tert-OH is 1. The van der Waals surface area contributed by atoms with Gasteiger partial charge in [0.05, 0.1) is 5.60 Å². The molecule has 1 saturated heterocycles. The van der Waals surface area contributed by atoms with Crippen LogP contribution in [-0.2, 0) is 14.3 Å². The van der Waals surface area contributed by atoms with Crippen molar-refractivity contribution in [3.63, 3.8) is 0 Å². The van der Waals surface area contributed by atoms with Gasteiger partial charge in [0.15, 0.2) is 17.2 Å². The first-order valence-electron chi connectivity index (χ1n) is 11.5. The monoisotopic (exact) mass is 418 g/mol. The summed E-state index contributed by atoms with van der Waals surface area (Å²) in [6.45, 7) is 6.48. The van der Waals surface area contributed by atoms with Gasteiger partial charge in [-0.3, -0.25) is 9.59 Å². The van der Waals surface area contributed by atoms with E-state index in [1.807, 2.05) is 6.08 Å². The SMILES string of the molecule is CC(=O)S[C@@H]1CC2=CC(=O)CC[C@]2(C)[C@@H]2CC[C@@]3(C)[C@@H](CC[C@@]34CC[C@H](O)O4)[C@@H]21. The highest BCUT2D eigenvalue weighted by molar-refractivity contribution is 8.14. The van der Waals surface area contributed by atoms with E-state index in [9.17, 15) is 14.7 Å². The van der Waals surface area contributed by atoms with Gasteiger partial charge in [0.25, 0.3) is 0 Å². The molecule has 4 aliphatic carbocycles. The van der Waals surface area contributed by atoms with E-state index in [1.54, 1.807) is 6.92 Å². The summed E-state index contributed by atoms with van der Waals surface area (Å²) in [5.74, 6) is 1.81. The van der Waals surface area contributed by atoms with Gasteiger partial charge in [-0.2, -0.15) is 0 Å². The largest absolute Gasteiger partial charge is 0.368 e. The van der Waals surface area contributed by atoms with Gasteiger partial charge < -0.3 is 9.84 Å². The second-order valence-electron chi connectivity index (χ2n) is 10.8. The van der Waals surface area contributed by atoms with Crippen molar-refractivity contribution in [2.24, 2.45) is 28.6 Å². The Morgan fingerprint density at radius 1 is 1.14 bits per heavy atom. The zero-order chi connectivity index (χ0) is 20.6. The lowest BCUT2D eigenvalue weighted by Gasteiger charge is -2.61. The van der Waals surface area contributed by atoms with Crippen LogP contribution in [0.2, 0.25) is 0 Å². The molecule has 3 saturated carbocycles. The van der Waals surface area contributed by atoms with Crippen molar-refractivity contribution < 1.29 is 19.4 Å². The van der Waals surface area contributed by atoms with Crippen molar-refractivity contribution in [1.82, 2.24) is 0 Å². The van der Waals surface area contributed by atoms with Crippen molar-refractivity contribution in [2.75, 3.05) is 0 Å². The van der Waals surface area contributed by atoms with Gasteiger partial charge in [-0.15, -0.1) is 0 Å². The molecule has 0 bridgehead atoms. The summed E-state index contributed by atoms with van der Waals surface area (Å²) >= 11 is 1.51. The molecular formula is C24H34O4S. The number of fused-ring (bicyclic) bond motifs is 6. The van der Waals surface area contributed by atoms with Crippen molar-refractivity contribution >= 4 is 22.7 Å². The van der Waals surface area contributed by atoms with E-state index in [0.29, 0.717) is 24.2 Å². The molecule has 5 aliphatic rings. The molecule has 0 aromatic carbocycles. The van der Waals surface area contributed by atoms with Crippen molar-refractivity contribution in [3.8, 4) is 0 Å². The summed E-state index contributed by atoms with van der Waals surface area (Å²) in [7, 11) is 0. The predicted molar refractivity (Wildman–Crippen MR) is 113 cm³/mol. The first kappa shape index (κ1) is 20.3. The van der Waals surface area contributed by atoms with Crippen LogP contribution in [0.1, 0.15) is 78.6 Å². The smallest absolute Gasteiger partial charge is 0.186 e. The summed E-state index contributed by atoms with van der Waals surface area (Å²) in [5, 5.41) is 10.6. The standard InChI is InChI=1S/C24H34O4S/c1-14(25)29-19-13-15-12-16(26)4-8-22(15,2)17-5-9-23(3)18(21(17)19)6-10-24(23)11-7-20(27)28-24/h12,17-21,27H,4-11,13H2,1-3H3/t17-,18+,19-,20-,21-,22+,23+,24-/m1/s1. The molecule has 5 rings (SSSR count). The van der Waals surface area contributed by atoms with Crippen LogP contribution in [0, 0.1) is 28.6 Å². The Morgan fingerprint density at radius 3 is 2.55 bits per heavy atom. The highest BCUT2D eigenvalue weighted by atomic mass is 32.2. The third-order valence-corrected chi connectivity index (χ3v) is 10.8. The molecule has 4 fully saturated rings. The molecule has 1 N–H and O–H groups in total. The molecule has 0 aromatic heterocycles. The van der Waals surface area contributed by atoms with Gasteiger partial charge >= 0.3 is 0 Å². The Morgan fingerprint density at radius 2 is 1.86 bits per heavy atom. The molecule has 1 heterocycles. The molecule has 5 heteroatoms. The fourth-order valence-corrected chi connectivity index (χ4v) is 9.49. The minimum atomic E-state index is -0.617. The second kappa shape index (κ2) is 6.67. The van der Waals surface area contributed by atoms with Crippen LogP contribution in [0.15, 0.2) is 11.6 Å². The zero-order valence-corrected chi connectivity index (χ0v) is 18.7. The van der Waals surface area contributed by atoms with Crippen LogP contribution in [0.3, 0.4) is 0 Å². The summed E-state index contributed by atoms with van der Waals surface area (Å²) < 4.78 is 6.25. The number of rotatable bonds is 1. The third kappa shape index (κ3) is 2.79. The molecule has 8 atom stereocenters. The first-order chi connectivity index (χ1) is 13.7. The van der Waals surface area contributed by atoms with Crippen LogP contribution in [0.5, 0.6) is 0 Å². The highest BCUT2D eigenvalue weighted by Crippen LogP contribution is 2.70. The van der Waals surface area contributed by atoms with Gasteiger partial charge in [0.2, 0.25) is 0 Å². The topological polar surface area (TPSA) is 63.6 Å². The zero-order valence-electron chi connectivity index (χ0n) is 17.9. The van der Waals surface area contributed by atoms with Crippen LogP contribution >= 0.6 is 11.8 Å². The molecule has 0 radical (unpaired) electrons. The summed E-state index contributed by atoms with van der Waals surface area (Å²) in [5.41, 5.74) is 1.29. The molecular weight excluding hydrogens is 384 g/mol. The number of carbonyl (C=O) groups excluding carboxylic acids is 2. The van der Waals surface area contributed by atoms with E-state index < -0.39 is 6.29 Å². The number of ether oxygens (including phenoxy) is 1. The molecule has 1 spiro atoms. The van der Waals surface area contributed by atoms with Crippen LogP contribution in [-0.4, -0.2) is 33.1 Å². The maximum absolute atomic E-state index is 12.2. The van der Waals surface area contributed by atoms with Crippen LogP contribution in [0.25, 0.3) is 0 Å². The molecule has 1 aliphatic heterocycles. The van der Waals surface area contributed by atoms with E-state index in [0.717, 1.165) is 51.4 Å². The number of ketones is 1. The Hall–Kier alpha value is -0.650. The number of thioether (sulfide) groups is 1. The normalized spacial score (nSPS) is 51.4. The first-order valence-corrected chi connectivity index (χ1v) is 12.3. The van der Waals surface area contributed by atoms with Gasteiger partial charge in [-0.25, -0.2) is 0 Å². The van der Waals surface area contributed by atoms with Crippen LogP contribution < -0.4 is 0 Å². The van der Waals surface area contributed by atoms with Gasteiger partial charge in [-0.05, 0) is 79.6 Å². The average molecular weight is 419 g/mol. The van der Waals surface area contributed by atoms with Gasteiger partial charge in [-0.1, -0.05) is 31.2 Å². The Labute approximate surface area is 178 Å². The fourth-order valence-electron chi connectivity index (χ4n) is 8.27. The molecule has 29 heavy (non-hydrogen) atoms. The van der Waals surface area contributed by atoms with E-state index in [1.165, 1.54) is 17.3 Å². The molecule has 0 aromatic rings. The van der Waals surface area contributed by atoms with E-state index >= 15 is 0 Å². The van der Waals surface area contributed by atoms with E-state index in [-0.39, 0.29) is 32.6 Å². The maximum Gasteiger partial charge on any atom is 0.186 e. The minimum Gasteiger partial charge on any atom is -0.368 e. The number of hydrogen-bond acceptors (Lipinski definition) is 5. The lowest BCUT2D eigenvalue weighted by atomic mass is 9.46. The minimum absolute atomic E-state index is 0.0727. The Bertz CT molecular complexity index is 777. The Kier molecular flexibility index (Phi) is 4.66. The molecule has 0 unspecified atom stereocenters. The second-order valence-corrected chi connectivity index (χ2v) is 12.2. The lowest BCUT2D eigenvalue weighted by molar-refractivity contribution is -0.195. The van der Waals surface area contributed by atoms with Gasteiger partial charge in [0, 0.05) is 25.0 Å². The summed E-state index contributed by atoms with van der Waals surface area (Å²) in [6.07, 6.45) is 9.93. The number of carbonyl (C=O) groups is 2. The average Bonchev–Trinajstić information content (AvgIpc) is 3.17. The van der Waals surface area contributed by atoms with Crippen LogP contribution in [0.4, 0.5) is 0 Å². The van der Waals surface area contributed by atoms with E-state index in [4.69, 9.17) is 4.74 Å². The van der Waals surface area contributed by atoms with Gasteiger partial charge in [0.1, 0.15) is 0 Å². The lowest BCUT2D eigenvalue weighted by Crippen LogP contribution is -2.57. The molecule has 4 nitrogen and oxygen atoms in total. The highest BCUT2D eigenvalue weighted by Gasteiger charge is 2.67. The number of aliphatic hydroxyl groups is 1. The third-order valence-electron chi connectivity index (χ3n) is 9.72. The number of allylic oxidation sites excluding steroid dienone is 1. The number of hydrogen-bond donors (Lipinski definition) is 1. The fraction of sp³-hybridized carbons (Fsp3) is 0.833. The quantitative estimate of drug-likeness (QED) is 0.672. The molecule has 160 valence electrons. The summed E-state index contributed by atoms with van der Waals surface area (Å²) in [6, 6.07) is 0. The molecule has 0 amide bonds. The van der Waals surface area contributed by atoms with Crippen molar-refractivity contribution in [2.45, 2.75) is 95.7 Å². The van der Waals surface area contributed by atoms with Crippen molar-refractivity contribution in [3.05, 3.63) is 11.6 Å².